The second-order valence-electron chi connectivity index (χ2n) is 5.65. The molecule has 130 valence electrons. The summed E-state index contributed by atoms with van der Waals surface area (Å²) in [5, 5.41) is 10.1. The molecule has 0 aliphatic carbocycles. The molecule has 3 aromatic rings. The Balaban J connectivity index is 2.08. The van der Waals surface area contributed by atoms with Crippen molar-refractivity contribution in [3.8, 4) is 16.9 Å². The number of sulfone groups is 1. The summed E-state index contributed by atoms with van der Waals surface area (Å²) in [5.74, 6) is -0.771. The lowest BCUT2D eigenvalue weighted by Crippen LogP contribution is -2.09. The highest BCUT2D eigenvalue weighted by molar-refractivity contribution is 7.90. The van der Waals surface area contributed by atoms with Gasteiger partial charge in [-0.25, -0.2) is 8.42 Å². The third kappa shape index (κ3) is 3.54. The SMILES string of the molecule is Cn1ccc(-c2ccccc2)c1CS(=O)(=O)c1cc(Cl)cc(Cl)c1O. The Labute approximate surface area is 156 Å². The van der Waals surface area contributed by atoms with Crippen LogP contribution in [-0.2, 0) is 22.6 Å². The fraction of sp³-hybridized carbons (Fsp3) is 0.111. The highest BCUT2D eigenvalue weighted by Gasteiger charge is 2.25. The van der Waals surface area contributed by atoms with Crippen molar-refractivity contribution in [2.24, 2.45) is 7.05 Å². The van der Waals surface area contributed by atoms with E-state index in [4.69, 9.17) is 23.2 Å². The maximum Gasteiger partial charge on any atom is 0.187 e. The van der Waals surface area contributed by atoms with E-state index < -0.39 is 15.6 Å². The van der Waals surface area contributed by atoms with Crippen LogP contribution in [0.15, 0.2) is 59.6 Å². The molecule has 3 rings (SSSR count). The van der Waals surface area contributed by atoms with Gasteiger partial charge in [0.05, 0.1) is 10.8 Å². The number of benzene rings is 2. The predicted octanol–water partition coefficient (Wildman–Crippen LogP) is 4.68. The molecule has 1 heterocycles. The number of aromatic nitrogens is 1. The topological polar surface area (TPSA) is 59.3 Å². The van der Waals surface area contributed by atoms with Gasteiger partial charge in [0.2, 0.25) is 0 Å². The van der Waals surface area contributed by atoms with Gasteiger partial charge in [-0.1, -0.05) is 53.5 Å². The van der Waals surface area contributed by atoms with E-state index in [0.29, 0.717) is 5.69 Å². The van der Waals surface area contributed by atoms with Crippen molar-refractivity contribution in [1.29, 1.82) is 0 Å². The van der Waals surface area contributed by atoms with E-state index in [1.165, 1.54) is 12.1 Å². The molecule has 2 aromatic carbocycles. The van der Waals surface area contributed by atoms with Gasteiger partial charge in [-0.15, -0.1) is 0 Å². The van der Waals surface area contributed by atoms with Crippen LogP contribution < -0.4 is 0 Å². The van der Waals surface area contributed by atoms with Crippen molar-refractivity contribution in [3.05, 3.63) is 70.5 Å². The standard InChI is InChI=1S/C18H15Cl2NO3S/c1-21-8-7-14(12-5-3-2-4-6-12)16(21)11-25(23,24)17-10-13(19)9-15(20)18(17)22/h2-10,22H,11H2,1H3. The van der Waals surface area contributed by atoms with Gasteiger partial charge >= 0.3 is 0 Å². The van der Waals surface area contributed by atoms with E-state index in [-0.39, 0.29) is 20.7 Å². The van der Waals surface area contributed by atoms with E-state index in [2.05, 4.69) is 0 Å². The molecule has 0 saturated heterocycles. The molecule has 0 unspecified atom stereocenters. The first-order valence-electron chi connectivity index (χ1n) is 7.40. The zero-order valence-corrected chi connectivity index (χ0v) is 15.6. The molecule has 0 saturated carbocycles. The molecule has 25 heavy (non-hydrogen) atoms. The molecule has 0 aliphatic heterocycles. The van der Waals surface area contributed by atoms with Crippen LogP contribution in [0.4, 0.5) is 0 Å². The third-order valence-corrected chi connectivity index (χ3v) is 6.08. The fourth-order valence-electron chi connectivity index (χ4n) is 2.66. The lowest BCUT2D eigenvalue weighted by atomic mass is 10.1. The Morgan fingerprint density at radius 3 is 2.44 bits per heavy atom. The number of halogens is 2. The summed E-state index contributed by atoms with van der Waals surface area (Å²) >= 11 is 11.8. The van der Waals surface area contributed by atoms with Crippen molar-refractivity contribution in [2.75, 3.05) is 0 Å². The summed E-state index contributed by atoms with van der Waals surface area (Å²) in [7, 11) is -2.07. The molecule has 0 aliphatic rings. The third-order valence-electron chi connectivity index (χ3n) is 3.94. The van der Waals surface area contributed by atoms with Crippen LogP contribution in [0.1, 0.15) is 5.69 Å². The maximum atomic E-state index is 12.9. The van der Waals surface area contributed by atoms with Gasteiger partial charge in [0, 0.05) is 29.5 Å². The highest BCUT2D eigenvalue weighted by atomic mass is 35.5. The second-order valence-corrected chi connectivity index (χ2v) is 8.45. The van der Waals surface area contributed by atoms with Gasteiger partial charge < -0.3 is 9.67 Å². The second kappa shape index (κ2) is 6.75. The number of aromatic hydroxyl groups is 1. The zero-order valence-electron chi connectivity index (χ0n) is 13.3. The molecular formula is C18H15Cl2NO3S. The average molecular weight is 396 g/mol. The van der Waals surface area contributed by atoms with Crippen LogP contribution >= 0.6 is 23.2 Å². The number of nitrogens with zero attached hydrogens (tertiary/aromatic N) is 1. The normalized spacial score (nSPS) is 11.6. The molecule has 0 amide bonds. The average Bonchev–Trinajstić information content (AvgIpc) is 2.92. The Morgan fingerprint density at radius 2 is 1.76 bits per heavy atom. The molecule has 0 bridgehead atoms. The minimum absolute atomic E-state index is 0.0961. The van der Waals surface area contributed by atoms with Crippen LogP contribution in [0.2, 0.25) is 10.0 Å². The number of hydrogen-bond donors (Lipinski definition) is 1. The largest absolute Gasteiger partial charge is 0.505 e. The summed E-state index contributed by atoms with van der Waals surface area (Å²) in [6.45, 7) is 0. The first kappa shape index (κ1) is 17.9. The first-order valence-corrected chi connectivity index (χ1v) is 9.81. The molecule has 0 fully saturated rings. The van der Waals surface area contributed by atoms with Gasteiger partial charge in [0.1, 0.15) is 4.90 Å². The lowest BCUT2D eigenvalue weighted by Gasteiger charge is -2.11. The van der Waals surface area contributed by atoms with Crippen molar-refractivity contribution in [1.82, 2.24) is 4.57 Å². The Bertz CT molecular complexity index is 1030. The van der Waals surface area contributed by atoms with Gasteiger partial charge in [-0.05, 0) is 23.8 Å². The van der Waals surface area contributed by atoms with Crippen molar-refractivity contribution < 1.29 is 13.5 Å². The van der Waals surface area contributed by atoms with Crippen molar-refractivity contribution in [2.45, 2.75) is 10.6 Å². The molecule has 1 N–H and O–H groups in total. The summed E-state index contributed by atoms with van der Waals surface area (Å²) < 4.78 is 27.5. The smallest absolute Gasteiger partial charge is 0.187 e. The number of phenolic OH excluding ortho intramolecular Hbond substituents is 1. The maximum absolute atomic E-state index is 12.9. The van der Waals surface area contributed by atoms with Gasteiger partial charge in [-0.3, -0.25) is 0 Å². The Kier molecular flexibility index (Phi) is 4.82. The molecule has 0 radical (unpaired) electrons. The number of aryl methyl sites for hydroxylation is 1. The predicted molar refractivity (Wildman–Crippen MR) is 99.9 cm³/mol. The fourth-order valence-corrected chi connectivity index (χ4v) is 4.86. The summed E-state index contributed by atoms with van der Waals surface area (Å²) in [5.41, 5.74) is 2.35. The van der Waals surface area contributed by atoms with Crippen LogP contribution in [0.3, 0.4) is 0 Å². The van der Waals surface area contributed by atoms with E-state index in [0.717, 1.165) is 11.1 Å². The van der Waals surface area contributed by atoms with E-state index >= 15 is 0 Å². The minimum atomic E-state index is -3.85. The molecule has 0 spiro atoms. The summed E-state index contributed by atoms with van der Waals surface area (Å²) in [6.07, 6.45) is 1.80. The van der Waals surface area contributed by atoms with Crippen LogP contribution in [0.5, 0.6) is 5.75 Å². The van der Waals surface area contributed by atoms with E-state index in [1.807, 2.05) is 36.4 Å². The highest BCUT2D eigenvalue weighted by Crippen LogP contribution is 2.36. The number of phenols is 1. The van der Waals surface area contributed by atoms with Crippen molar-refractivity contribution >= 4 is 33.0 Å². The molecule has 4 nitrogen and oxygen atoms in total. The van der Waals surface area contributed by atoms with Crippen molar-refractivity contribution in [3.63, 3.8) is 0 Å². The first-order chi connectivity index (χ1) is 11.8. The minimum Gasteiger partial charge on any atom is -0.505 e. The van der Waals surface area contributed by atoms with Crippen LogP contribution in [0, 0.1) is 0 Å². The molecule has 0 atom stereocenters. The zero-order chi connectivity index (χ0) is 18.2. The Hall–Kier alpha value is -1.95. The molecule has 1 aromatic heterocycles. The summed E-state index contributed by atoms with van der Waals surface area (Å²) in [4.78, 5) is -0.273. The van der Waals surface area contributed by atoms with Gasteiger partial charge in [0.15, 0.2) is 15.6 Å². The van der Waals surface area contributed by atoms with Crippen LogP contribution in [0.25, 0.3) is 11.1 Å². The quantitative estimate of drug-likeness (QED) is 0.697. The van der Waals surface area contributed by atoms with E-state index in [1.54, 1.807) is 17.8 Å². The van der Waals surface area contributed by atoms with Gasteiger partial charge in [-0.2, -0.15) is 0 Å². The number of rotatable bonds is 4. The Morgan fingerprint density at radius 1 is 1.08 bits per heavy atom. The lowest BCUT2D eigenvalue weighted by molar-refractivity contribution is 0.459. The number of hydrogen-bond acceptors (Lipinski definition) is 3. The van der Waals surface area contributed by atoms with Gasteiger partial charge in [0.25, 0.3) is 0 Å². The molecular weight excluding hydrogens is 381 g/mol. The molecule has 7 heteroatoms. The monoisotopic (exact) mass is 395 g/mol. The summed E-state index contributed by atoms with van der Waals surface area (Å²) in [6, 6.07) is 13.9. The van der Waals surface area contributed by atoms with Crippen LogP contribution in [-0.4, -0.2) is 18.1 Å². The van der Waals surface area contributed by atoms with E-state index in [9.17, 15) is 13.5 Å².